The number of hydrogen-bond donors (Lipinski definition) is 1. The maximum Gasteiger partial charge on any atom is 0.416 e. The van der Waals surface area contributed by atoms with E-state index in [4.69, 9.17) is 21.1 Å². The molecule has 0 bridgehead atoms. The molecule has 0 aliphatic carbocycles. The summed E-state index contributed by atoms with van der Waals surface area (Å²) >= 11 is 8.34. The molecule has 208 valence electrons. The van der Waals surface area contributed by atoms with Crippen LogP contribution in [0.25, 0.3) is 10.9 Å². The number of halogens is 2. The lowest BCUT2D eigenvalue weighted by Gasteiger charge is -2.35. The highest BCUT2D eigenvalue weighted by molar-refractivity contribution is 7.99. The largest absolute Gasteiger partial charge is 0.494 e. The molecule has 3 aromatic carbocycles. The average molecular weight is 580 g/mol. The normalized spacial score (nSPS) is 17.6. The lowest BCUT2D eigenvalue weighted by Crippen LogP contribution is -2.42. The topological polar surface area (TPSA) is 57.8 Å². The summed E-state index contributed by atoms with van der Waals surface area (Å²) in [6.07, 6.45) is 1.15. The zero-order chi connectivity index (χ0) is 27.5. The van der Waals surface area contributed by atoms with Gasteiger partial charge in [-0.15, -0.1) is 0 Å². The third-order valence-corrected chi connectivity index (χ3v) is 8.71. The molecule has 4 aromatic rings. The van der Waals surface area contributed by atoms with E-state index in [1.165, 1.54) is 35.8 Å². The van der Waals surface area contributed by atoms with Gasteiger partial charge in [-0.1, -0.05) is 23.7 Å². The molecule has 3 heterocycles. The van der Waals surface area contributed by atoms with Crippen LogP contribution >= 0.6 is 23.4 Å². The van der Waals surface area contributed by atoms with Gasteiger partial charge in [0.05, 0.1) is 6.61 Å². The van der Waals surface area contributed by atoms with Gasteiger partial charge in [0.2, 0.25) is 0 Å². The van der Waals surface area contributed by atoms with Crippen molar-refractivity contribution in [2.45, 2.75) is 18.9 Å². The van der Waals surface area contributed by atoms with Crippen LogP contribution in [-0.2, 0) is 6.42 Å². The number of benzene rings is 3. The van der Waals surface area contributed by atoms with Crippen molar-refractivity contribution in [3.63, 3.8) is 0 Å². The molecule has 1 atom stereocenters. The van der Waals surface area contributed by atoms with Crippen molar-refractivity contribution in [1.82, 2.24) is 14.8 Å². The predicted molar refractivity (Wildman–Crippen MR) is 158 cm³/mol. The highest BCUT2D eigenvalue weighted by atomic mass is 35.5. The Morgan fingerprint density at radius 3 is 2.52 bits per heavy atom. The summed E-state index contributed by atoms with van der Waals surface area (Å²) in [5, 5.41) is 1.73. The number of carbonyl (C=O) groups is 1. The van der Waals surface area contributed by atoms with E-state index in [9.17, 15) is 9.18 Å². The first-order chi connectivity index (χ1) is 19.5. The first-order valence-corrected chi connectivity index (χ1v) is 15.2. The predicted octanol–water partition coefficient (Wildman–Crippen LogP) is 6.92. The number of ether oxygens (including phenoxy) is 2. The first kappa shape index (κ1) is 27.0. The maximum atomic E-state index is 13.4. The zero-order valence-electron chi connectivity index (χ0n) is 22.1. The monoisotopic (exact) mass is 579 g/mol. The maximum absolute atomic E-state index is 13.4. The Balaban J connectivity index is 1.22. The summed E-state index contributed by atoms with van der Waals surface area (Å²) < 4.78 is 25.1. The molecule has 2 aliphatic rings. The molecular weight excluding hydrogens is 549 g/mol. The lowest BCUT2D eigenvalue weighted by atomic mass is 9.92. The number of H-pyrrole nitrogens is 1. The highest BCUT2D eigenvalue weighted by Crippen LogP contribution is 2.40. The van der Waals surface area contributed by atoms with Crippen LogP contribution in [0, 0.1) is 5.82 Å². The van der Waals surface area contributed by atoms with Gasteiger partial charge in [0, 0.05) is 59.3 Å². The van der Waals surface area contributed by atoms with Crippen LogP contribution in [0.3, 0.4) is 0 Å². The van der Waals surface area contributed by atoms with Crippen molar-refractivity contribution in [1.29, 1.82) is 0 Å². The third-order valence-electron chi connectivity index (χ3n) is 7.53. The van der Waals surface area contributed by atoms with Crippen LogP contribution in [-0.4, -0.2) is 65.2 Å². The summed E-state index contributed by atoms with van der Waals surface area (Å²) in [4.78, 5) is 21.2. The van der Waals surface area contributed by atoms with Crippen molar-refractivity contribution in [2.75, 3.05) is 44.3 Å². The van der Waals surface area contributed by atoms with Gasteiger partial charge in [-0.25, -0.2) is 9.18 Å². The number of carbonyl (C=O) groups excluding carboxylic acids is 1. The summed E-state index contributed by atoms with van der Waals surface area (Å²) in [6.45, 7) is 4.49. The minimum atomic E-state index is -0.490. The number of nitrogens with zero attached hydrogens (tertiary/aromatic N) is 2. The Morgan fingerprint density at radius 1 is 1.00 bits per heavy atom. The van der Waals surface area contributed by atoms with Crippen molar-refractivity contribution in [3.05, 3.63) is 94.4 Å². The van der Waals surface area contributed by atoms with E-state index in [1.54, 1.807) is 4.90 Å². The smallest absolute Gasteiger partial charge is 0.416 e. The molecule has 0 radical (unpaired) electrons. The van der Waals surface area contributed by atoms with Gasteiger partial charge in [0.15, 0.2) is 0 Å². The molecule has 1 aromatic heterocycles. The van der Waals surface area contributed by atoms with Crippen LogP contribution < -0.4 is 9.47 Å². The Morgan fingerprint density at radius 2 is 1.75 bits per heavy atom. The molecule has 1 fully saturated rings. The van der Waals surface area contributed by atoms with E-state index >= 15 is 0 Å². The van der Waals surface area contributed by atoms with Gasteiger partial charge in [-0.3, -0.25) is 4.90 Å². The van der Waals surface area contributed by atoms with Gasteiger partial charge in [0.25, 0.3) is 0 Å². The molecular formula is C31H31ClFN3O3S. The van der Waals surface area contributed by atoms with E-state index in [1.807, 2.05) is 54.2 Å². The number of rotatable bonds is 7. The standard InChI is InChI=1S/C31H31ClFN3O3S/c32-22-4-11-28-27(20-22)26-12-14-36(31(37)39-25-9-5-23(33)6-10-25)30(29(26)34-28)21-2-7-24(8-3-21)38-17-1-13-35-15-18-40-19-16-35/h2-11,20,30,34H,1,12-19H2. The van der Waals surface area contributed by atoms with Crippen LogP contribution in [0.4, 0.5) is 9.18 Å². The number of aromatic amines is 1. The van der Waals surface area contributed by atoms with Crippen molar-refractivity contribution in [3.8, 4) is 11.5 Å². The second kappa shape index (κ2) is 12.1. The number of hydrogen-bond acceptors (Lipinski definition) is 5. The van der Waals surface area contributed by atoms with E-state index in [0.29, 0.717) is 30.3 Å². The fourth-order valence-electron chi connectivity index (χ4n) is 5.52. The Labute approximate surface area is 242 Å². The Bertz CT molecular complexity index is 1470. The zero-order valence-corrected chi connectivity index (χ0v) is 23.6. The van der Waals surface area contributed by atoms with Crippen molar-refractivity contribution >= 4 is 40.4 Å². The number of amides is 1. The number of aromatic nitrogens is 1. The summed E-state index contributed by atoms with van der Waals surface area (Å²) in [6, 6.07) is 18.8. The minimum Gasteiger partial charge on any atom is -0.494 e. The quantitative estimate of drug-likeness (QED) is 0.241. The van der Waals surface area contributed by atoms with Crippen LogP contribution in [0.5, 0.6) is 11.5 Å². The number of nitrogens with one attached hydrogen (secondary N) is 1. The lowest BCUT2D eigenvalue weighted by molar-refractivity contribution is 0.135. The molecule has 40 heavy (non-hydrogen) atoms. The van der Waals surface area contributed by atoms with E-state index in [0.717, 1.165) is 59.5 Å². The third kappa shape index (κ3) is 5.94. The van der Waals surface area contributed by atoms with Crippen molar-refractivity contribution < 1.29 is 18.7 Å². The second-order valence-electron chi connectivity index (χ2n) is 10.1. The molecule has 1 amide bonds. The van der Waals surface area contributed by atoms with E-state index in [-0.39, 0.29) is 5.82 Å². The molecule has 1 N–H and O–H groups in total. The van der Waals surface area contributed by atoms with Crippen molar-refractivity contribution in [2.24, 2.45) is 0 Å². The molecule has 1 unspecified atom stereocenters. The Kier molecular flexibility index (Phi) is 8.18. The van der Waals surface area contributed by atoms with Gasteiger partial charge < -0.3 is 19.4 Å². The molecule has 0 spiro atoms. The summed E-state index contributed by atoms with van der Waals surface area (Å²) in [5.74, 6) is 3.14. The molecule has 9 heteroatoms. The SMILES string of the molecule is O=C(Oc1ccc(F)cc1)N1CCc2c([nH]c3ccc(Cl)cc23)C1c1ccc(OCCCN2CCSCC2)cc1. The van der Waals surface area contributed by atoms with Crippen LogP contribution in [0.15, 0.2) is 66.7 Å². The summed E-state index contributed by atoms with van der Waals surface area (Å²) in [7, 11) is 0. The fraction of sp³-hybridized carbons (Fsp3) is 0.323. The molecule has 6 nitrogen and oxygen atoms in total. The van der Waals surface area contributed by atoms with Gasteiger partial charge in [-0.05, 0) is 78.6 Å². The average Bonchev–Trinajstić information content (AvgIpc) is 3.35. The Hall–Kier alpha value is -3.20. The minimum absolute atomic E-state index is 0.298. The highest BCUT2D eigenvalue weighted by Gasteiger charge is 2.35. The van der Waals surface area contributed by atoms with Gasteiger partial charge in [-0.2, -0.15) is 11.8 Å². The second-order valence-corrected chi connectivity index (χ2v) is 11.8. The number of fused-ring (bicyclic) bond motifs is 3. The molecule has 2 aliphatic heterocycles. The van der Waals surface area contributed by atoms with Gasteiger partial charge in [0.1, 0.15) is 23.4 Å². The van der Waals surface area contributed by atoms with E-state index in [2.05, 4.69) is 9.88 Å². The first-order valence-electron chi connectivity index (χ1n) is 13.6. The van der Waals surface area contributed by atoms with E-state index < -0.39 is 12.1 Å². The fourth-order valence-corrected chi connectivity index (χ4v) is 6.67. The molecule has 0 saturated carbocycles. The molecule has 6 rings (SSSR count). The molecule has 1 saturated heterocycles. The van der Waals surface area contributed by atoms with Crippen LogP contribution in [0.2, 0.25) is 5.02 Å². The van der Waals surface area contributed by atoms with Gasteiger partial charge >= 0.3 is 6.09 Å². The summed E-state index contributed by atoms with van der Waals surface area (Å²) in [5.41, 5.74) is 3.99. The number of thioether (sulfide) groups is 1. The van der Waals surface area contributed by atoms with Crippen LogP contribution in [0.1, 0.15) is 29.3 Å².